The molecule has 3 nitrogen and oxygen atoms in total. The molecule has 0 aromatic rings. The lowest BCUT2D eigenvalue weighted by Gasteiger charge is -2.59. The van der Waals surface area contributed by atoms with Crippen LogP contribution in [0.4, 0.5) is 0 Å². The van der Waals surface area contributed by atoms with Crippen molar-refractivity contribution >= 4 is 5.97 Å². The maximum absolute atomic E-state index is 11.6. The van der Waals surface area contributed by atoms with E-state index in [4.69, 9.17) is 9.47 Å². The van der Waals surface area contributed by atoms with Gasteiger partial charge in [-0.15, -0.1) is 0 Å². The van der Waals surface area contributed by atoms with Gasteiger partial charge in [0.15, 0.2) is 0 Å². The Balaban J connectivity index is 2.22. The van der Waals surface area contributed by atoms with Crippen LogP contribution in [0.2, 0.25) is 0 Å². The fourth-order valence-corrected chi connectivity index (χ4v) is 5.81. The van der Waals surface area contributed by atoms with Crippen molar-refractivity contribution < 1.29 is 14.3 Å². The third kappa shape index (κ3) is 3.97. The van der Waals surface area contributed by atoms with Crippen LogP contribution in [0.15, 0.2) is 12.2 Å². The van der Waals surface area contributed by atoms with E-state index in [1.807, 2.05) is 7.11 Å². The minimum atomic E-state index is -0.219. The van der Waals surface area contributed by atoms with Crippen molar-refractivity contribution in [1.29, 1.82) is 0 Å². The number of ether oxygens (including phenoxy) is 2. The van der Waals surface area contributed by atoms with Gasteiger partial charge in [-0.3, -0.25) is 4.79 Å². The second kappa shape index (κ2) is 7.42. The van der Waals surface area contributed by atoms with Gasteiger partial charge in [0.25, 0.3) is 0 Å². The summed E-state index contributed by atoms with van der Waals surface area (Å²) in [5.41, 5.74) is 0.379. The molecule has 0 bridgehead atoms. The van der Waals surface area contributed by atoms with E-state index in [-0.39, 0.29) is 17.0 Å². The number of carbonyl (C=O) groups excluding carboxylic acids is 1. The molecule has 0 heterocycles. The molecule has 0 spiro atoms. The Bertz CT molecular complexity index is 509. The van der Waals surface area contributed by atoms with Crippen molar-refractivity contribution in [2.24, 2.45) is 28.6 Å². The van der Waals surface area contributed by atoms with Gasteiger partial charge >= 0.3 is 5.97 Å². The van der Waals surface area contributed by atoms with Crippen LogP contribution in [0.5, 0.6) is 0 Å². The lowest BCUT2D eigenvalue weighted by Crippen LogP contribution is -2.55. The first kappa shape index (κ1) is 20.5. The predicted molar refractivity (Wildman–Crippen MR) is 102 cm³/mol. The zero-order valence-corrected chi connectivity index (χ0v) is 17.4. The van der Waals surface area contributed by atoms with E-state index in [0.29, 0.717) is 29.6 Å². The Hall–Kier alpha value is -0.830. The molecule has 0 aromatic heterocycles. The average Bonchev–Trinajstić information content (AvgIpc) is 2.53. The van der Waals surface area contributed by atoms with Gasteiger partial charge in [0.05, 0.1) is 12.7 Å². The zero-order valence-electron chi connectivity index (χ0n) is 17.4. The lowest BCUT2D eigenvalue weighted by atomic mass is 9.47. The molecule has 0 radical (unpaired) electrons. The van der Waals surface area contributed by atoms with Crippen LogP contribution >= 0.6 is 0 Å². The summed E-state index contributed by atoms with van der Waals surface area (Å²) in [6, 6.07) is 0. The SMILES string of the molecule is COC(=O)C[C@H](C)CC[C@@H]1[C@@]2(C)CCCC(C)(C)[C@H]2C=C[C@@]1(C)OC. The fraction of sp³-hybridized carbons (Fsp3) is 0.864. The van der Waals surface area contributed by atoms with Crippen LogP contribution in [0.1, 0.15) is 73.1 Å². The zero-order chi connectivity index (χ0) is 18.9. The van der Waals surface area contributed by atoms with Crippen molar-refractivity contribution in [3.8, 4) is 0 Å². The summed E-state index contributed by atoms with van der Waals surface area (Å²) in [6.07, 6.45) is 11.3. The van der Waals surface area contributed by atoms with Gasteiger partial charge in [-0.25, -0.2) is 0 Å². The van der Waals surface area contributed by atoms with E-state index in [1.54, 1.807) is 0 Å². The smallest absolute Gasteiger partial charge is 0.305 e. The molecule has 25 heavy (non-hydrogen) atoms. The maximum Gasteiger partial charge on any atom is 0.305 e. The van der Waals surface area contributed by atoms with Gasteiger partial charge < -0.3 is 9.47 Å². The highest BCUT2D eigenvalue weighted by molar-refractivity contribution is 5.69. The molecule has 5 atom stereocenters. The first-order valence-corrected chi connectivity index (χ1v) is 9.90. The highest BCUT2D eigenvalue weighted by Crippen LogP contribution is 2.61. The van der Waals surface area contributed by atoms with Gasteiger partial charge in [0.2, 0.25) is 0 Å². The number of hydrogen-bond acceptors (Lipinski definition) is 3. The maximum atomic E-state index is 11.6. The molecule has 1 saturated carbocycles. The molecule has 144 valence electrons. The molecule has 2 aliphatic rings. The van der Waals surface area contributed by atoms with Gasteiger partial charge in [0.1, 0.15) is 0 Å². The standard InChI is InChI=1S/C22H38O3/c1-16(15-19(23)24-6)9-10-18-21(4)13-8-12-20(2,3)17(21)11-14-22(18,5)25-7/h11,14,16-18H,8-10,12-13,15H2,1-7H3/t16-,17-,18-,21+,22-/m1/s1. The quantitative estimate of drug-likeness (QED) is 0.476. The Morgan fingerprint density at radius 3 is 2.48 bits per heavy atom. The summed E-state index contributed by atoms with van der Waals surface area (Å²) in [7, 11) is 3.31. The van der Waals surface area contributed by atoms with Crippen molar-refractivity contribution in [3.63, 3.8) is 0 Å². The van der Waals surface area contributed by atoms with Gasteiger partial charge in [-0.05, 0) is 61.2 Å². The molecule has 3 heteroatoms. The number of carbonyl (C=O) groups is 1. The van der Waals surface area contributed by atoms with E-state index < -0.39 is 0 Å². The molecule has 0 unspecified atom stereocenters. The van der Waals surface area contributed by atoms with Crippen molar-refractivity contribution in [1.82, 2.24) is 0 Å². The topological polar surface area (TPSA) is 35.5 Å². The predicted octanol–water partition coefficient (Wildman–Crippen LogP) is 5.39. The number of esters is 1. The second-order valence-electron chi connectivity index (χ2n) is 9.59. The minimum absolute atomic E-state index is 0.103. The Morgan fingerprint density at radius 1 is 1.20 bits per heavy atom. The van der Waals surface area contributed by atoms with Crippen molar-refractivity contribution in [2.45, 2.75) is 78.7 Å². The molecule has 2 aliphatic carbocycles. The molecule has 0 saturated heterocycles. The summed E-state index contributed by atoms with van der Waals surface area (Å²) in [5.74, 6) is 1.31. The molecule has 0 aromatic carbocycles. The molecule has 0 N–H and O–H groups in total. The lowest BCUT2D eigenvalue weighted by molar-refractivity contribution is -0.141. The van der Waals surface area contributed by atoms with Crippen LogP contribution < -0.4 is 0 Å². The van der Waals surface area contributed by atoms with Crippen LogP contribution in [0, 0.1) is 28.6 Å². The Morgan fingerprint density at radius 2 is 1.88 bits per heavy atom. The van der Waals surface area contributed by atoms with E-state index in [2.05, 4.69) is 46.8 Å². The van der Waals surface area contributed by atoms with Crippen LogP contribution in [0.25, 0.3) is 0 Å². The number of allylic oxidation sites excluding steroid dienone is 1. The first-order chi connectivity index (χ1) is 11.6. The van der Waals surface area contributed by atoms with Crippen LogP contribution in [0.3, 0.4) is 0 Å². The number of fused-ring (bicyclic) bond motifs is 1. The molecule has 0 aliphatic heterocycles. The number of rotatable bonds is 6. The molecule has 0 amide bonds. The van der Waals surface area contributed by atoms with Crippen molar-refractivity contribution in [3.05, 3.63) is 12.2 Å². The molecule has 1 fully saturated rings. The summed E-state index contributed by atoms with van der Waals surface area (Å²) < 4.78 is 10.9. The highest BCUT2D eigenvalue weighted by Gasteiger charge is 2.56. The Kier molecular flexibility index (Phi) is 6.08. The summed E-state index contributed by atoms with van der Waals surface area (Å²) in [6.45, 7) is 11.7. The van der Waals surface area contributed by atoms with Gasteiger partial charge in [0, 0.05) is 13.5 Å². The van der Waals surface area contributed by atoms with E-state index in [0.717, 1.165) is 12.8 Å². The third-order valence-corrected chi connectivity index (χ3v) is 7.33. The summed E-state index contributed by atoms with van der Waals surface area (Å²) in [4.78, 5) is 11.6. The van der Waals surface area contributed by atoms with Gasteiger partial charge in [-0.1, -0.05) is 46.3 Å². The highest BCUT2D eigenvalue weighted by atomic mass is 16.5. The first-order valence-electron chi connectivity index (χ1n) is 9.90. The van der Waals surface area contributed by atoms with Crippen LogP contribution in [-0.2, 0) is 14.3 Å². The van der Waals surface area contributed by atoms with E-state index in [9.17, 15) is 4.79 Å². The average molecular weight is 351 g/mol. The Labute approximate surface area is 154 Å². The number of methoxy groups -OCH3 is 2. The molecular weight excluding hydrogens is 312 g/mol. The van der Waals surface area contributed by atoms with E-state index in [1.165, 1.54) is 26.4 Å². The van der Waals surface area contributed by atoms with E-state index >= 15 is 0 Å². The normalized spacial score (nSPS) is 38.0. The second-order valence-corrected chi connectivity index (χ2v) is 9.59. The largest absolute Gasteiger partial charge is 0.469 e. The third-order valence-electron chi connectivity index (χ3n) is 7.33. The van der Waals surface area contributed by atoms with Crippen molar-refractivity contribution in [2.75, 3.05) is 14.2 Å². The molecular formula is C22H38O3. The molecule has 2 rings (SSSR count). The minimum Gasteiger partial charge on any atom is -0.469 e. The monoisotopic (exact) mass is 350 g/mol. The van der Waals surface area contributed by atoms with Gasteiger partial charge in [-0.2, -0.15) is 0 Å². The van der Waals surface area contributed by atoms with Crippen LogP contribution in [-0.4, -0.2) is 25.8 Å². The fourth-order valence-electron chi connectivity index (χ4n) is 5.81. The number of hydrogen-bond donors (Lipinski definition) is 0. The summed E-state index contributed by atoms with van der Waals surface area (Å²) in [5, 5.41) is 0. The summed E-state index contributed by atoms with van der Waals surface area (Å²) >= 11 is 0.